The number of rotatable bonds is 12. The van der Waals surface area contributed by atoms with Crippen LogP contribution in [0.3, 0.4) is 0 Å². The van der Waals surface area contributed by atoms with Crippen molar-refractivity contribution in [3.63, 3.8) is 0 Å². The van der Waals surface area contributed by atoms with Crippen LogP contribution in [0, 0.1) is 5.82 Å². The van der Waals surface area contributed by atoms with E-state index in [0.717, 1.165) is 11.3 Å². The third kappa shape index (κ3) is 6.26. The molecule has 0 radical (unpaired) electrons. The Hall–Kier alpha value is -4.76. The van der Waals surface area contributed by atoms with Crippen LogP contribution in [0.15, 0.2) is 78.2 Å². The van der Waals surface area contributed by atoms with Crippen LogP contribution in [0.1, 0.15) is 39.3 Å². The van der Waals surface area contributed by atoms with Gasteiger partial charge in [0.2, 0.25) is 0 Å². The van der Waals surface area contributed by atoms with Gasteiger partial charge in [0, 0.05) is 46.9 Å². The molecular weight excluding hydrogens is 557 g/mol. The van der Waals surface area contributed by atoms with Gasteiger partial charge in [-0.3, -0.25) is 9.59 Å². The van der Waals surface area contributed by atoms with Crippen LogP contribution in [0.5, 0.6) is 23.0 Å². The Bertz CT molecular complexity index is 1750. The highest BCUT2D eigenvalue weighted by molar-refractivity contribution is 7.17. The number of methoxy groups -OCH3 is 3. The third-order valence-corrected chi connectivity index (χ3v) is 7.77. The van der Waals surface area contributed by atoms with E-state index >= 15 is 0 Å². The molecular formula is C33H28FNO6S. The van der Waals surface area contributed by atoms with E-state index in [9.17, 15) is 14.0 Å². The Morgan fingerprint density at radius 2 is 1.57 bits per heavy atom. The number of pyridine rings is 1. The van der Waals surface area contributed by atoms with E-state index in [1.807, 2.05) is 35.7 Å². The van der Waals surface area contributed by atoms with Gasteiger partial charge in [-0.05, 0) is 42.0 Å². The second-order valence-electron chi connectivity index (χ2n) is 9.39. The summed E-state index contributed by atoms with van der Waals surface area (Å²) in [6.07, 6.45) is -0.0740. The summed E-state index contributed by atoms with van der Waals surface area (Å²) in [6.45, 7) is 0.248. The number of ether oxygens (including phenoxy) is 4. The van der Waals surface area contributed by atoms with Gasteiger partial charge in [0.1, 0.15) is 29.6 Å². The zero-order valence-electron chi connectivity index (χ0n) is 23.3. The van der Waals surface area contributed by atoms with E-state index in [4.69, 9.17) is 18.9 Å². The number of carbonyl (C=O) groups is 2. The highest BCUT2D eigenvalue weighted by atomic mass is 32.1. The van der Waals surface area contributed by atoms with E-state index in [-0.39, 0.29) is 42.5 Å². The van der Waals surface area contributed by atoms with E-state index < -0.39 is 0 Å². The number of nitrogens with zero attached hydrogens (tertiary/aromatic N) is 1. The Morgan fingerprint density at radius 3 is 2.31 bits per heavy atom. The summed E-state index contributed by atoms with van der Waals surface area (Å²) in [5, 5.41) is 2.51. The monoisotopic (exact) mass is 585 g/mol. The number of benzene rings is 3. The molecule has 0 unspecified atom stereocenters. The summed E-state index contributed by atoms with van der Waals surface area (Å²) in [6, 6.07) is 20.5. The van der Waals surface area contributed by atoms with Crippen molar-refractivity contribution in [2.45, 2.75) is 19.4 Å². The summed E-state index contributed by atoms with van der Waals surface area (Å²) in [7, 11) is 4.61. The molecule has 7 nitrogen and oxygen atoms in total. The summed E-state index contributed by atoms with van der Waals surface area (Å²) >= 11 is 1.27. The number of Topliss-reactive ketones (excluding diaryl/α,β-unsaturated/α-hetero) is 2. The van der Waals surface area contributed by atoms with Gasteiger partial charge < -0.3 is 18.9 Å². The molecule has 0 N–H and O–H groups in total. The Labute approximate surface area is 246 Å². The molecule has 42 heavy (non-hydrogen) atoms. The molecule has 0 saturated carbocycles. The van der Waals surface area contributed by atoms with Crippen molar-refractivity contribution in [1.29, 1.82) is 0 Å². The normalized spacial score (nSPS) is 10.9. The lowest BCUT2D eigenvalue weighted by atomic mass is 10.0. The Morgan fingerprint density at radius 1 is 0.810 bits per heavy atom. The van der Waals surface area contributed by atoms with Crippen LogP contribution in [0.4, 0.5) is 4.39 Å². The first-order chi connectivity index (χ1) is 20.4. The zero-order valence-corrected chi connectivity index (χ0v) is 24.1. The predicted molar refractivity (Wildman–Crippen MR) is 160 cm³/mol. The van der Waals surface area contributed by atoms with Gasteiger partial charge in [-0.25, -0.2) is 9.37 Å². The largest absolute Gasteiger partial charge is 0.497 e. The van der Waals surface area contributed by atoms with E-state index in [1.165, 1.54) is 31.6 Å². The molecule has 0 fully saturated rings. The molecule has 2 heterocycles. The number of aromatic nitrogens is 1. The number of halogens is 1. The van der Waals surface area contributed by atoms with Crippen LogP contribution >= 0.6 is 11.3 Å². The summed E-state index contributed by atoms with van der Waals surface area (Å²) in [4.78, 5) is 30.9. The first-order valence-electron chi connectivity index (χ1n) is 13.1. The fraction of sp³-hybridized carbons (Fsp3) is 0.182. The summed E-state index contributed by atoms with van der Waals surface area (Å²) < 4.78 is 36.8. The van der Waals surface area contributed by atoms with Crippen molar-refractivity contribution in [2.75, 3.05) is 21.3 Å². The smallest absolute Gasteiger partial charge is 0.181 e. The van der Waals surface area contributed by atoms with Crippen molar-refractivity contribution in [1.82, 2.24) is 4.98 Å². The van der Waals surface area contributed by atoms with Gasteiger partial charge in [0.25, 0.3) is 0 Å². The first kappa shape index (κ1) is 28.8. The third-order valence-electron chi connectivity index (χ3n) is 6.76. The molecule has 214 valence electrons. The lowest BCUT2D eigenvalue weighted by Gasteiger charge is -2.11. The number of fused-ring (bicyclic) bond motifs is 1. The SMILES string of the molecule is COc1ccc(COc2cc(C(=O)CCC(=O)c3ccc(OC)c(OC)c3)nc(-c3csc4c(F)cccc34)c2)cc1. The number of hydrogen-bond acceptors (Lipinski definition) is 8. The van der Waals surface area contributed by atoms with Crippen LogP contribution in [0.2, 0.25) is 0 Å². The van der Waals surface area contributed by atoms with Gasteiger partial charge in [-0.1, -0.05) is 24.3 Å². The first-order valence-corrected chi connectivity index (χ1v) is 14.0. The minimum atomic E-state index is -0.319. The maximum atomic E-state index is 14.4. The molecule has 0 amide bonds. The van der Waals surface area contributed by atoms with Crippen molar-refractivity contribution in [3.05, 3.63) is 101 Å². The lowest BCUT2D eigenvalue weighted by Crippen LogP contribution is -2.08. The highest BCUT2D eigenvalue weighted by Crippen LogP contribution is 2.36. The van der Waals surface area contributed by atoms with Gasteiger partial charge in [-0.2, -0.15) is 0 Å². The fourth-order valence-electron chi connectivity index (χ4n) is 4.49. The van der Waals surface area contributed by atoms with E-state index in [1.54, 1.807) is 43.5 Å². The maximum absolute atomic E-state index is 14.4. The molecule has 0 bridgehead atoms. The summed E-state index contributed by atoms with van der Waals surface area (Å²) in [5.41, 5.74) is 2.66. The van der Waals surface area contributed by atoms with Gasteiger partial charge in [-0.15, -0.1) is 11.3 Å². The van der Waals surface area contributed by atoms with E-state index in [0.29, 0.717) is 44.2 Å². The number of carbonyl (C=O) groups excluding carboxylic acids is 2. The molecule has 0 aliphatic carbocycles. The molecule has 0 atom stereocenters. The Kier molecular flexibility index (Phi) is 8.78. The van der Waals surface area contributed by atoms with Crippen molar-refractivity contribution >= 4 is 33.0 Å². The molecule has 0 aliphatic rings. The average molecular weight is 586 g/mol. The number of hydrogen-bond donors (Lipinski definition) is 0. The summed E-state index contributed by atoms with van der Waals surface area (Å²) in [5.74, 6) is 1.26. The fourth-order valence-corrected chi connectivity index (χ4v) is 5.46. The topological polar surface area (TPSA) is 84.0 Å². The molecule has 3 aromatic carbocycles. The minimum Gasteiger partial charge on any atom is -0.497 e. The Balaban J connectivity index is 1.41. The molecule has 9 heteroatoms. The van der Waals surface area contributed by atoms with Crippen LogP contribution in [-0.4, -0.2) is 37.9 Å². The number of thiophene rings is 1. The van der Waals surface area contributed by atoms with Gasteiger partial charge >= 0.3 is 0 Å². The quantitative estimate of drug-likeness (QED) is 0.140. The van der Waals surface area contributed by atoms with Crippen molar-refractivity contribution < 1.29 is 32.9 Å². The van der Waals surface area contributed by atoms with Crippen molar-refractivity contribution in [3.8, 4) is 34.3 Å². The minimum absolute atomic E-state index is 0.0190. The standard InChI is InChI=1S/C33H28FNO6S/c1-38-22-10-7-20(8-11-22)18-41-23-16-27(25-19-42-33-24(25)5-4-6-26(33)34)35-28(17-23)30(37)13-12-29(36)21-9-14-31(39-2)32(15-21)40-3/h4-11,14-17,19H,12-13,18H2,1-3H3. The van der Waals surface area contributed by atoms with Crippen LogP contribution in [-0.2, 0) is 6.61 Å². The lowest BCUT2D eigenvalue weighted by molar-refractivity contribution is 0.0914. The van der Waals surface area contributed by atoms with Gasteiger partial charge in [0.15, 0.2) is 23.1 Å². The molecule has 2 aromatic heterocycles. The molecule has 0 spiro atoms. The highest BCUT2D eigenvalue weighted by Gasteiger charge is 2.18. The zero-order chi connectivity index (χ0) is 29.6. The maximum Gasteiger partial charge on any atom is 0.181 e. The second-order valence-corrected chi connectivity index (χ2v) is 10.3. The van der Waals surface area contributed by atoms with Crippen LogP contribution in [0.25, 0.3) is 21.3 Å². The predicted octanol–water partition coefficient (Wildman–Crippen LogP) is 7.55. The second kappa shape index (κ2) is 12.8. The molecule has 0 aliphatic heterocycles. The molecule has 0 saturated heterocycles. The van der Waals surface area contributed by atoms with Crippen LogP contribution < -0.4 is 18.9 Å². The average Bonchev–Trinajstić information content (AvgIpc) is 3.48. The molecule has 5 rings (SSSR count). The number of ketones is 2. The van der Waals surface area contributed by atoms with E-state index in [2.05, 4.69) is 4.98 Å². The van der Waals surface area contributed by atoms with Gasteiger partial charge in [0.05, 0.1) is 31.7 Å². The molecule has 5 aromatic rings. The van der Waals surface area contributed by atoms with Crippen molar-refractivity contribution in [2.24, 2.45) is 0 Å².